The van der Waals surface area contributed by atoms with Gasteiger partial charge in [-0.25, -0.2) is 0 Å². The minimum absolute atomic E-state index is 0.346. The zero-order valence-electron chi connectivity index (χ0n) is 15.3. The highest BCUT2D eigenvalue weighted by atomic mass is 31.1. The van der Waals surface area contributed by atoms with Crippen LogP contribution in [0.1, 0.15) is 110 Å². The SMILES string of the molecule is CCCCP1CCCCCCCC1C1CCCCCCCC1. The van der Waals surface area contributed by atoms with Gasteiger partial charge in [0.25, 0.3) is 0 Å². The second kappa shape index (κ2) is 11.9. The van der Waals surface area contributed by atoms with Crippen LogP contribution in [0.5, 0.6) is 0 Å². The lowest BCUT2D eigenvalue weighted by molar-refractivity contribution is 0.390. The van der Waals surface area contributed by atoms with Gasteiger partial charge in [0.15, 0.2) is 0 Å². The van der Waals surface area contributed by atoms with E-state index in [1.54, 1.807) is 44.4 Å². The van der Waals surface area contributed by atoms with Crippen LogP contribution in [-0.2, 0) is 0 Å². The summed E-state index contributed by atoms with van der Waals surface area (Å²) in [7, 11) is 0.346. The molecule has 22 heavy (non-hydrogen) atoms. The summed E-state index contributed by atoms with van der Waals surface area (Å²) in [6.07, 6.45) is 27.7. The van der Waals surface area contributed by atoms with Crippen LogP contribution in [0.2, 0.25) is 0 Å². The molecule has 2 unspecified atom stereocenters. The fourth-order valence-electron chi connectivity index (χ4n) is 4.77. The Morgan fingerprint density at radius 3 is 1.86 bits per heavy atom. The third kappa shape index (κ3) is 6.90. The summed E-state index contributed by atoms with van der Waals surface area (Å²) in [5.74, 6) is 1.11. The number of hydrogen-bond donors (Lipinski definition) is 0. The van der Waals surface area contributed by atoms with Crippen molar-refractivity contribution in [1.29, 1.82) is 0 Å². The molecule has 0 amide bonds. The summed E-state index contributed by atoms with van der Waals surface area (Å²) in [5, 5.41) is 0. The maximum absolute atomic E-state index is 2.39. The molecule has 0 aromatic carbocycles. The summed E-state index contributed by atoms with van der Waals surface area (Å²) in [4.78, 5) is 0. The van der Waals surface area contributed by atoms with E-state index in [-0.39, 0.29) is 0 Å². The highest BCUT2D eigenvalue weighted by Gasteiger charge is 2.28. The maximum atomic E-state index is 2.39. The minimum atomic E-state index is 0.346. The van der Waals surface area contributed by atoms with E-state index in [4.69, 9.17) is 0 Å². The zero-order chi connectivity index (χ0) is 15.5. The zero-order valence-corrected chi connectivity index (χ0v) is 16.2. The van der Waals surface area contributed by atoms with E-state index in [1.807, 2.05) is 0 Å². The fraction of sp³-hybridized carbons (Fsp3) is 1.00. The first kappa shape index (κ1) is 18.8. The molecule has 2 rings (SSSR count). The van der Waals surface area contributed by atoms with Crippen LogP contribution in [0.4, 0.5) is 0 Å². The van der Waals surface area contributed by atoms with Gasteiger partial charge in [-0.05, 0) is 56.0 Å². The van der Waals surface area contributed by atoms with Crippen molar-refractivity contribution in [2.75, 3.05) is 12.3 Å². The number of unbranched alkanes of at least 4 members (excludes halogenated alkanes) is 1. The predicted octanol–water partition coefficient (Wildman–Crippen LogP) is 7.74. The molecular formula is C21H41P. The van der Waals surface area contributed by atoms with Crippen molar-refractivity contribution in [2.45, 2.75) is 115 Å². The Kier molecular flexibility index (Phi) is 10.1. The third-order valence-electron chi connectivity index (χ3n) is 6.16. The van der Waals surface area contributed by atoms with Gasteiger partial charge in [-0.15, -0.1) is 7.92 Å². The van der Waals surface area contributed by atoms with E-state index in [1.165, 1.54) is 70.6 Å². The molecule has 130 valence electrons. The molecule has 0 radical (unpaired) electrons. The summed E-state index contributed by atoms with van der Waals surface area (Å²) < 4.78 is 0. The van der Waals surface area contributed by atoms with Gasteiger partial charge in [-0.1, -0.05) is 77.6 Å². The lowest BCUT2D eigenvalue weighted by Gasteiger charge is -2.35. The maximum Gasteiger partial charge on any atom is -0.0181 e. The van der Waals surface area contributed by atoms with Crippen LogP contribution < -0.4 is 0 Å². The van der Waals surface area contributed by atoms with Crippen LogP contribution in [0, 0.1) is 5.92 Å². The normalized spacial score (nSPS) is 30.4. The average molecular weight is 325 g/mol. The van der Waals surface area contributed by atoms with Gasteiger partial charge in [0, 0.05) is 0 Å². The van der Waals surface area contributed by atoms with Crippen molar-refractivity contribution in [1.82, 2.24) is 0 Å². The van der Waals surface area contributed by atoms with Crippen molar-refractivity contribution in [2.24, 2.45) is 5.92 Å². The molecule has 1 saturated carbocycles. The lowest BCUT2D eigenvalue weighted by Crippen LogP contribution is -2.22. The Balaban J connectivity index is 1.99. The third-order valence-corrected chi connectivity index (χ3v) is 9.56. The Morgan fingerprint density at radius 1 is 0.682 bits per heavy atom. The molecule has 1 saturated heterocycles. The van der Waals surface area contributed by atoms with Crippen molar-refractivity contribution < 1.29 is 0 Å². The quantitative estimate of drug-likeness (QED) is 0.464. The molecule has 0 nitrogen and oxygen atoms in total. The van der Waals surface area contributed by atoms with Crippen LogP contribution in [0.3, 0.4) is 0 Å². The van der Waals surface area contributed by atoms with E-state index in [0.29, 0.717) is 7.92 Å². The molecule has 2 fully saturated rings. The molecule has 1 aliphatic heterocycles. The van der Waals surface area contributed by atoms with Crippen LogP contribution in [0.25, 0.3) is 0 Å². The minimum Gasteiger partial charge on any atom is -0.103 e. The molecule has 0 aromatic rings. The van der Waals surface area contributed by atoms with Crippen LogP contribution in [0.15, 0.2) is 0 Å². The highest BCUT2D eigenvalue weighted by Crippen LogP contribution is 2.51. The van der Waals surface area contributed by atoms with E-state index in [9.17, 15) is 0 Å². The second-order valence-electron chi connectivity index (χ2n) is 7.97. The molecule has 0 aromatic heterocycles. The van der Waals surface area contributed by atoms with Crippen molar-refractivity contribution in [3.8, 4) is 0 Å². The monoisotopic (exact) mass is 324 g/mol. The Bertz CT molecular complexity index is 253. The standard InChI is InChI=1S/C21H41P/c1-2-3-18-22-19-14-10-6-9-13-17-21(22)20-15-11-7-4-5-8-12-16-20/h20-21H,2-19H2,1H3. The van der Waals surface area contributed by atoms with Gasteiger partial charge >= 0.3 is 0 Å². The fourth-order valence-corrected chi connectivity index (χ4v) is 8.45. The Morgan fingerprint density at radius 2 is 1.23 bits per heavy atom. The highest BCUT2D eigenvalue weighted by molar-refractivity contribution is 7.58. The van der Waals surface area contributed by atoms with Crippen LogP contribution >= 0.6 is 7.92 Å². The van der Waals surface area contributed by atoms with E-state index in [0.717, 1.165) is 11.6 Å². The first-order chi connectivity index (χ1) is 10.9. The molecular weight excluding hydrogens is 283 g/mol. The summed E-state index contributed by atoms with van der Waals surface area (Å²) in [6.45, 7) is 2.39. The molecule has 2 aliphatic rings. The van der Waals surface area contributed by atoms with Crippen molar-refractivity contribution >= 4 is 7.92 Å². The predicted molar refractivity (Wildman–Crippen MR) is 103 cm³/mol. The molecule has 0 spiro atoms. The molecule has 1 heterocycles. The number of hydrogen-bond acceptors (Lipinski definition) is 0. The lowest BCUT2D eigenvalue weighted by atomic mass is 9.90. The van der Waals surface area contributed by atoms with Gasteiger partial charge in [0.2, 0.25) is 0 Å². The first-order valence-corrected chi connectivity index (χ1v) is 12.4. The number of rotatable bonds is 4. The Hall–Kier alpha value is 0.430. The second-order valence-corrected chi connectivity index (χ2v) is 10.7. The van der Waals surface area contributed by atoms with Gasteiger partial charge < -0.3 is 0 Å². The molecule has 2 atom stereocenters. The van der Waals surface area contributed by atoms with Crippen LogP contribution in [-0.4, -0.2) is 18.0 Å². The topological polar surface area (TPSA) is 0 Å². The Labute approximate surface area is 142 Å². The molecule has 0 bridgehead atoms. The van der Waals surface area contributed by atoms with Gasteiger partial charge in [0.05, 0.1) is 0 Å². The van der Waals surface area contributed by atoms with E-state index in [2.05, 4.69) is 6.92 Å². The van der Waals surface area contributed by atoms with Gasteiger partial charge in [-0.2, -0.15) is 0 Å². The first-order valence-electron chi connectivity index (χ1n) is 10.7. The van der Waals surface area contributed by atoms with Gasteiger partial charge in [0.1, 0.15) is 0 Å². The van der Waals surface area contributed by atoms with Crippen molar-refractivity contribution in [3.63, 3.8) is 0 Å². The molecule has 0 N–H and O–H groups in total. The van der Waals surface area contributed by atoms with E-state index < -0.39 is 0 Å². The largest absolute Gasteiger partial charge is 0.103 e. The summed E-state index contributed by atoms with van der Waals surface area (Å²) in [6, 6.07) is 0. The summed E-state index contributed by atoms with van der Waals surface area (Å²) >= 11 is 0. The average Bonchev–Trinajstić information content (AvgIpc) is 2.74. The smallest absolute Gasteiger partial charge is 0.0181 e. The molecule has 1 heteroatoms. The summed E-state index contributed by atoms with van der Waals surface area (Å²) in [5.41, 5.74) is 1.15. The molecule has 1 aliphatic carbocycles. The van der Waals surface area contributed by atoms with E-state index >= 15 is 0 Å². The van der Waals surface area contributed by atoms with Crippen molar-refractivity contribution in [3.05, 3.63) is 0 Å². The van der Waals surface area contributed by atoms with Gasteiger partial charge in [-0.3, -0.25) is 0 Å².